The van der Waals surface area contributed by atoms with E-state index in [0.29, 0.717) is 37.9 Å². The second kappa shape index (κ2) is 13.1. The lowest BCUT2D eigenvalue weighted by Gasteiger charge is -2.55. The van der Waals surface area contributed by atoms with Crippen molar-refractivity contribution in [3.05, 3.63) is 35.9 Å². The zero-order valence-corrected chi connectivity index (χ0v) is 25.4. The van der Waals surface area contributed by atoms with Crippen molar-refractivity contribution in [1.29, 1.82) is 0 Å². The highest BCUT2D eigenvalue weighted by Crippen LogP contribution is 2.38. The van der Waals surface area contributed by atoms with Crippen molar-refractivity contribution in [1.82, 2.24) is 20.0 Å². The summed E-state index contributed by atoms with van der Waals surface area (Å²) in [6.07, 6.45) is 8.47. The standard InChI is InChI=1S/C33H50N4O4/c1-33(2,3)19-28-31(39)35(20-25-14-16-34-17-15-25)22-29-36(32(40)41-23-26-12-8-5-9-13-26)21-27(30(38)37(28)29)18-24-10-6-4-7-11-24/h5,8-9,12-13,24-25,27-29,34H,4,6-7,10-11,14-23H2,1-3H3/t27-,28-,29+/m0/s1. The topological polar surface area (TPSA) is 82.2 Å². The molecule has 8 nitrogen and oxygen atoms in total. The molecule has 3 aliphatic heterocycles. The summed E-state index contributed by atoms with van der Waals surface area (Å²) < 4.78 is 5.88. The number of nitrogens with zero attached hydrogens (tertiary/aromatic N) is 3. The van der Waals surface area contributed by atoms with Crippen LogP contribution in [0.5, 0.6) is 0 Å². The molecule has 4 fully saturated rings. The monoisotopic (exact) mass is 566 g/mol. The van der Waals surface area contributed by atoms with Crippen molar-refractivity contribution >= 4 is 17.9 Å². The SMILES string of the molecule is CC(C)(C)C[C@H]1C(=O)N(CC2CCNCC2)C[C@@H]2N(C(=O)OCc3ccccc3)C[C@H](CC3CCCCC3)C(=O)N21. The molecule has 4 aliphatic rings. The van der Waals surface area contributed by atoms with Crippen LogP contribution in [-0.2, 0) is 20.9 Å². The number of hydrogen-bond donors (Lipinski definition) is 1. The minimum Gasteiger partial charge on any atom is -0.444 e. The molecule has 0 spiro atoms. The third-order valence-corrected chi connectivity index (χ3v) is 9.54. The fourth-order valence-electron chi connectivity index (χ4n) is 7.41. The summed E-state index contributed by atoms with van der Waals surface area (Å²) in [6.45, 7) is 9.89. The summed E-state index contributed by atoms with van der Waals surface area (Å²) in [4.78, 5) is 47.8. The molecular formula is C33H50N4O4. The van der Waals surface area contributed by atoms with E-state index in [1.165, 1.54) is 19.3 Å². The van der Waals surface area contributed by atoms with Crippen molar-refractivity contribution < 1.29 is 19.1 Å². The Kier molecular flexibility index (Phi) is 9.57. The quantitative estimate of drug-likeness (QED) is 0.501. The van der Waals surface area contributed by atoms with Crippen LogP contribution in [0.1, 0.15) is 84.1 Å². The average molecular weight is 567 g/mol. The van der Waals surface area contributed by atoms with Gasteiger partial charge in [0.15, 0.2) is 0 Å². The van der Waals surface area contributed by atoms with E-state index in [2.05, 4.69) is 26.1 Å². The normalized spacial score (nSPS) is 26.7. The molecule has 0 radical (unpaired) electrons. The summed E-state index contributed by atoms with van der Waals surface area (Å²) in [5, 5.41) is 3.42. The maximum absolute atomic E-state index is 14.3. The summed E-state index contributed by atoms with van der Waals surface area (Å²) in [5.74, 6) is 0.717. The van der Waals surface area contributed by atoms with E-state index in [-0.39, 0.29) is 29.8 Å². The van der Waals surface area contributed by atoms with E-state index < -0.39 is 18.3 Å². The van der Waals surface area contributed by atoms with Crippen LogP contribution in [0.25, 0.3) is 0 Å². The molecule has 1 aromatic carbocycles. The molecule has 0 bridgehead atoms. The molecule has 226 valence electrons. The Bertz CT molecular complexity index is 1050. The number of rotatable bonds is 7. The zero-order chi connectivity index (χ0) is 29.0. The molecule has 8 heteroatoms. The highest BCUT2D eigenvalue weighted by atomic mass is 16.6. The summed E-state index contributed by atoms with van der Waals surface area (Å²) in [5.41, 5.74) is 0.777. The van der Waals surface area contributed by atoms with Gasteiger partial charge in [-0.2, -0.15) is 0 Å². The lowest BCUT2D eigenvalue weighted by Crippen LogP contribution is -2.73. The van der Waals surface area contributed by atoms with Gasteiger partial charge in [-0.15, -0.1) is 0 Å². The predicted octanol–water partition coefficient (Wildman–Crippen LogP) is 5.03. The van der Waals surface area contributed by atoms with Crippen LogP contribution in [0, 0.1) is 23.2 Å². The lowest BCUT2D eigenvalue weighted by molar-refractivity contribution is -0.175. The number of carbonyl (C=O) groups is 3. The first-order valence-electron chi connectivity index (χ1n) is 16.0. The Morgan fingerprint density at radius 3 is 2.32 bits per heavy atom. The van der Waals surface area contributed by atoms with Crippen molar-refractivity contribution in [2.45, 2.75) is 97.4 Å². The number of hydrogen-bond acceptors (Lipinski definition) is 5. The molecule has 3 saturated heterocycles. The fourth-order valence-corrected chi connectivity index (χ4v) is 7.41. The van der Waals surface area contributed by atoms with Gasteiger partial charge in [0.25, 0.3) is 0 Å². The first-order valence-corrected chi connectivity index (χ1v) is 16.0. The number of nitrogens with one attached hydrogen (secondary N) is 1. The van der Waals surface area contributed by atoms with Gasteiger partial charge in [0.2, 0.25) is 11.8 Å². The predicted molar refractivity (Wildman–Crippen MR) is 159 cm³/mol. The largest absolute Gasteiger partial charge is 0.444 e. The van der Waals surface area contributed by atoms with Crippen molar-refractivity contribution in [3.63, 3.8) is 0 Å². The second-order valence-corrected chi connectivity index (χ2v) is 14.1. The smallest absolute Gasteiger partial charge is 0.411 e. The number of fused-ring (bicyclic) bond motifs is 1. The van der Waals surface area contributed by atoms with Gasteiger partial charge in [0.05, 0.1) is 12.5 Å². The number of piperidine rings is 1. The third-order valence-electron chi connectivity index (χ3n) is 9.54. The molecule has 0 unspecified atom stereocenters. The number of ether oxygens (including phenoxy) is 1. The van der Waals surface area contributed by atoms with Crippen LogP contribution in [0.2, 0.25) is 0 Å². The van der Waals surface area contributed by atoms with E-state index in [9.17, 15) is 14.4 Å². The van der Waals surface area contributed by atoms with Crippen molar-refractivity contribution in [2.75, 3.05) is 32.7 Å². The minimum atomic E-state index is -0.568. The maximum atomic E-state index is 14.3. The van der Waals surface area contributed by atoms with Gasteiger partial charge in [-0.25, -0.2) is 4.79 Å². The van der Waals surface area contributed by atoms with Gasteiger partial charge in [0, 0.05) is 13.1 Å². The van der Waals surface area contributed by atoms with Gasteiger partial charge in [-0.3, -0.25) is 14.5 Å². The molecule has 0 aromatic heterocycles. The van der Waals surface area contributed by atoms with E-state index in [1.54, 1.807) is 4.90 Å². The number of piperazine rings is 1. The third kappa shape index (κ3) is 7.43. The van der Waals surface area contributed by atoms with E-state index in [1.807, 2.05) is 40.1 Å². The molecule has 5 rings (SSSR count). The van der Waals surface area contributed by atoms with Crippen LogP contribution in [-0.4, -0.2) is 77.5 Å². The molecule has 3 atom stereocenters. The van der Waals surface area contributed by atoms with Crippen LogP contribution in [0.15, 0.2) is 30.3 Å². The van der Waals surface area contributed by atoms with Crippen LogP contribution in [0.4, 0.5) is 4.79 Å². The molecule has 3 heterocycles. The lowest BCUT2D eigenvalue weighted by atomic mass is 9.80. The van der Waals surface area contributed by atoms with Gasteiger partial charge in [-0.1, -0.05) is 83.2 Å². The Hall–Kier alpha value is -2.61. The Morgan fingerprint density at radius 2 is 1.63 bits per heavy atom. The van der Waals surface area contributed by atoms with Crippen LogP contribution < -0.4 is 5.32 Å². The van der Waals surface area contributed by atoms with Gasteiger partial charge < -0.3 is 19.9 Å². The van der Waals surface area contributed by atoms with Crippen molar-refractivity contribution in [3.8, 4) is 0 Å². The van der Waals surface area contributed by atoms with Gasteiger partial charge >= 0.3 is 6.09 Å². The number of amides is 3. The van der Waals surface area contributed by atoms with Gasteiger partial charge in [0.1, 0.15) is 18.8 Å². The Balaban J connectivity index is 1.43. The minimum absolute atomic E-state index is 0.0407. The molecular weight excluding hydrogens is 516 g/mol. The molecule has 41 heavy (non-hydrogen) atoms. The average Bonchev–Trinajstić information content (AvgIpc) is 2.96. The molecule has 3 amide bonds. The van der Waals surface area contributed by atoms with Crippen LogP contribution in [0.3, 0.4) is 0 Å². The zero-order valence-electron chi connectivity index (χ0n) is 25.4. The highest BCUT2D eigenvalue weighted by molar-refractivity contribution is 5.91. The first kappa shape index (κ1) is 29.9. The van der Waals surface area contributed by atoms with Crippen LogP contribution >= 0.6 is 0 Å². The van der Waals surface area contributed by atoms with Crippen molar-refractivity contribution in [2.24, 2.45) is 23.2 Å². The van der Waals surface area contributed by atoms with E-state index in [4.69, 9.17) is 4.74 Å². The maximum Gasteiger partial charge on any atom is 0.411 e. The van der Waals surface area contributed by atoms with Gasteiger partial charge in [-0.05, 0) is 61.6 Å². The first-order chi connectivity index (χ1) is 19.7. The summed E-state index contributed by atoms with van der Waals surface area (Å²) in [6, 6.07) is 9.15. The molecule has 1 aromatic rings. The molecule has 1 saturated carbocycles. The van der Waals surface area contributed by atoms with E-state index in [0.717, 1.165) is 50.8 Å². The van der Waals surface area contributed by atoms with E-state index >= 15 is 0 Å². The highest BCUT2D eigenvalue weighted by Gasteiger charge is 2.53. The fraction of sp³-hybridized carbons (Fsp3) is 0.727. The summed E-state index contributed by atoms with van der Waals surface area (Å²) >= 11 is 0. The number of benzene rings is 1. The second-order valence-electron chi connectivity index (χ2n) is 14.1. The molecule has 1 aliphatic carbocycles. The summed E-state index contributed by atoms with van der Waals surface area (Å²) in [7, 11) is 0. The Labute approximate surface area is 246 Å². The Morgan fingerprint density at radius 1 is 0.927 bits per heavy atom. The number of carbonyl (C=O) groups excluding carboxylic acids is 3. The molecule has 1 N–H and O–H groups in total.